The Bertz CT molecular complexity index is 995. The molecule has 0 radical (unpaired) electrons. The van der Waals surface area contributed by atoms with Crippen LogP contribution in [-0.2, 0) is 11.2 Å². The van der Waals surface area contributed by atoms with E-state index in [2.05, 4.69) is 49.0 Å². The molecule has 9 heteroatoms. The van der Waals surface area contributed by atoms with Gasteiger partial charge >= 0.3 is 6.03 Å². The molecule has 3 amide bonds. The van der Waals surface area contributed by atoms with E-state index in [0.29, 0.717) is 23.1 Å². The molecule has 1 atom stereocenters. The van der Waals surface area contributed by atoms with Gasteiger partial charge < -0.3 is 10.6 Å². The van der Waals surface area contributed by atoms with Crippen molar-refractivity contribution in [3.8, 4) is 10.6 Å². The Labute approximate surface area is 193 Å². The maximum atomic E-state index is 13.0. The zero-order valence-corrected chi connectivity index (χ0v) is 19.5. The van der Waals surface area contributed by atoms with Crippen molar-refractivity contribution in [1.29, 1.82) is 0 Å². The van der Waals surface area contributed by atoms with E-state index in [1.807, 2.05) is 54.6 Å². The number of nitrogens with one attached hydrogen (secondary N) is 3. The second-order valence-corrected chi connectivity index (χ2v) is 8.80. The minimum atomic E-state index is -0.746. The Morgan fingerprint density at radius 2 is 1.81 bits per heavy atom. The monoisotopic (exact) mass is 501 g/mol. The number of hydrogen-bond acceptors (Lipinski definition) is 5. The van der Waals surface area contributed by atoms with Crippen LogP contribution in [0.4, 0.5) is 9.93 Å². The topological polar surface area (TPSA) is 96.0 Å². The van der Waals surface area contributed by atoms with Crippen LogP contribution in [0.5, 0.6) is 0 Å². The number of halogens is 1. The van der Waals surface area contributed by atoms with Crippen molar-refractivity contribution in [3.63, 3.8) is 0 Å². The summed E-state index contributed by atoms with van der Waals surface area (Å²) in [6.45, 7) is 2.62. The van der Waals surface area contributed by atoms with Crippen LogP contribution in [0.25, 0.3) is 10.6 Å². The van der Waals surface area contributed by atoms with Crippen LogP contribution in [0.2, 0.25) is 0 Å². The Balaban J connectivity index is 1.68. The molecule has 3 N–H and O–H groups in total. The summed E-state index contributed by atoms with van der Waals surface area (Å²) in [5.41, 5.74) is 1.86. The molecule has 2 aromatic carbocycles. The zero-order chi connectivity index (χ0) is 22.1. The average Bonchev–Trinajstić information content (AvgIpc) is 3.23. The number of urea groups is 1. The van der Waals surface area contributed by atoms with Gasteiger partial charge in [-0.2, -0.15) is 0 Å². The molecule has 31 heavy (non-hydrogen) atoms. The van der Waals surface area contributed by atoms with Crippen LogP contribution in [0.3, 0.4) is 0 Å². The molecule has 1 heterocycles. The van der Waals surface area contributed by atoms with E-state index in [4.69, 9.17) is 0 Å². The number of aromatic nitrogens is 2. The summed E-state index contributed by atoms with van der Waals surface area (Å²) in [4.78, 5) is 25.2. The van der Waals surface area contributed by atoms with Gasteiger partial charge in [0.1, 0.15) is 11.0 Å². The Hall–Kier alpha value is -2.78. The molecule has 0 bridgehead atoms. The second kappa shape index (κ2) is 11.6. The molecule has 0 fully saturated rings. The van der Waals surface area contributed by atoms with E-state index in [0.717, 1.165) is 28.4 Å². The number of anilines is 1. The van der Waals surface area contributed by atoms with E-state index in [-0.39, 0.29) is 11.9 Å². The predicted octanol–water partition coefficient (Wildman–Crippen LogP) is 4.62. The Kier molecular flexibility index (Phi) is 8.54. The average molecular weight is 502 g/mol. The smallest absolute Gasteiger partial charge is 0.315 e. The fourth-order valence-electron chi connectivity index (χ4n) is 2.82. The van der Waals surface area contributed by atoms with Crippen LogP contribution in [0.1, 0.15) is 25.3 Å². The van der Waals surface area contributed by atoms with Crippen LogP contribution < -0.4 is 16.0 Å². The van der Waals surface area contributed by atoms with Crippen molar-refractivity contribution in [3.05, 3.63) is 64.6 Å². The quantitative estimate of drug-likeness (QED) is 0.372. The highest BCUT2D eigenvalue weighted by molar-refractivity contribution is 9.10. The molecule has 1 aromatic heterocycles. The number of rotatable bonds is 9. The lowest BCUT2D eigenvalue weighted by molar-refractivity contribution is -0.117. The number of hydrogen-bond donors (Lipinski definition) is 3. The van der Waals surface area contributed by atoms with E-state index < -0.39 is 6.04 Å². The number of unbranched alkanes of at least 4 members (excludes halogenated alkanes) is 1. The minimum Gasteiger partial charge on any atom is -0.338 e. The largest absolute Gasteiger partial charge is 0.338 e. The molecule has 0 saturated carbocycles. The molecule has 7 nitrogen and oxygen atoms in total. The zero-order valence-electron chi connectivity index (χ0n) is 17.1. The third-order valence-corrected chi connectivity index (χ3v) is 5.88. The Morgan fingerprint density at radius 1 is 1.06 bits per heavy atom. The lowest BCUT2D eigenvalue weighted by atomic mass is 10.1. The highest BCUT2D eigenvalue weighted by Crippen LogP contribution is 2.27. The summed E-state index contributed by atoms with van der Waals surface area (Å²) < 4.78 is 0.973. The fourth-order valence-corrected chi connectivity index (χ4v) is 3.84. The molecular formula is C22H24BrN5O2S. The molecule has 0 unspecified atom stereocenters. The van der Waals surface area contributed by atoms with Gasteiger partial charge in [0.2, 0.25) is 11.0 Å². The predicted molar refractivity (Wildman–Crippen MR) is 127 cm³/mol. The van der Waals surface area contributed by atoms with Crippen LogP contribution in [-0.4, -0.2) is 34.7 Å². The summed E-state index contributed by atoms with van der Waals surface area (Å²) in [5.74, 6) is -0.340. The number of benzene rings is 2. The molecule has 3 rings (SSSR count). The number of amides is 3. The summed E-state index contributed by atoms with van der Waals surface area (Å²) in [6.07, 6.45) is 2.23. The van der Waals surface area contributed by atoms with Gasteiger partial charge in [-0.25, -0.2) is 4.79 Å². The van der Waals surface area contributed by atoms with Gasteiger partial charge in [-0.1, -0.05) is 83.1 Å². The lowest BCUT2D eigenvalue weighted by Gasteiger charge is -2.18. The number of nitrogens with zero attached hydrogens (tertiary/aromatic N) is 2. The molecule has 3 aromatic rings. The molecule has 0 saturated heterocycles. The van der Waals surface area contributed by atoms with Crippen LogP contribution in [0, 0.1) is 0 Å². The highest BCUT2D eigenvalue weighted by atomic mass is 79.9. The Morgan fingerprint density at radius 3 is 2.52 bits per heavy atom. The first-order valence-electron chi connectivity index (χ1n) is 10.0. The molecule has 0 aliphatic carbocycles. The summed E-state index contributed by atoms with van der Waals surface area (Å²) >= 11 is 4.69. The lowest BCUT2D eigenvalue weighted by Crippen LogP contribution is -2.49. The van der Waals surface area contributed by atoms with Crippen molar-refractivity contribution >= 4 is 44.3 Å². The second-order valence-electron chi connectivity index (χ2n) is 6.90. The van der Waals surface area contributed by atoms with Crippen molar-refractivity contribution in [2.24, 2.45) is 0 Å². The summed E-state index contributed by atoms with van der Waals surface area (Å²) in [6, 6.07) is 16.2. The van der Waals surface area contributed by atoms with Gasteiger partial charge in [-0.05, 0) is 24.1 Å². The first-order valence-corrected chi connectivity index (χ1v) is 11.6. The first-order chi connectivity index (χ1) is 15.0. The van der Waals surface area contributed by atoms with Crippen molar-refractivity contribution < 1.29 is 9.59 Å². The van der Waals surface area contributed by atoms with E-state index in [1.165, 1.54) is 11.3 Å². The molecule has 0 spiro atoms. The van der Waals surface area contributed by atoms with Crippen LogP contribution >= 0.6 is 27.3 Å². The standard InChI is InChI=1S/C22H24BrN5O2S/c1-2-3-13-24-21(30)25-18(14-15-7-5-4-6-8-15)19(29)26-22-28-27-20(31-22)16-9-11-17(23)12-10-16/h4-12,18H,2-3,13-14H2,1H3,(H2,24,25,30)(H,26,28,29)/t18-/m0/s1. The summed E-state index contributed by atoms with van der Waals surface area (Å²) in [5, 5.41) is 17.7. The number of carbonyl (C=O) groups is 2. The van der Waals surface area contributed by atoms with Gasteiger partial charge in [-0.3, -0.25) is 10.1 Å². The van der Waals surface area contributed by atoms with E-state index in [1.54, 1.807) is 0 Å². The highest BCUT2D eigenvalue weighted by Gasteiger charge is 2.22. The maximum Gasteiger partial charge on any atom is 0.315 e. The molecular weight excluding hydrogens is 478 g/mol. The van der Waals surface area contributed by atoms with E-state index in [9.17, 15) is 9.59 Å². The number of carbonyl (C=O) groups excluding carboxylic acids is 2. The van der Waals surface area contributed by atoms with Crippen molar-refractivity contribution in [2.75, 3.05) is 11.9 Å². The molecule has 0 aliphatic rings. The molecule has 162 valence electrons. The van der Waals surface area contributed by atoms with Crippen LogP contribution in [0.15, 0.2) is 59.1 Å². The van der Waals surface area contributed by atoms with Gasteiger partial charge in [0.25, 0.3) is 0 Å². The maximum absolute atomic E-state index is 13.0. The third kappa shape index (κ3) is 7.15. The summed E-state index contributed by atoms with van der Waals surface area (Å²) in [7, 11) is 0. The fraction of sp³-hybridized carbons (Fsp3) is 0.273. The van der Waals surface area contributed by atoms with Gasteiger partial charge in [0.05, 0.1) is 0 Å². The van der Waals surface area contributed by atoms with Crippen molar-refractivity contribution in [2.45, 2.75) is 32.2 Å². The van der Waals surface area contributed by atoms with Crippen molar-refractivity contribution in [1.82, 2.24) is 20.8 Å². The van der Waals surface area contributed by atoms with Gasteiger partial charge in [0.15, 0.2) is 0 Å². The third-order valence-electron chi connectivity index (χ3n) is 4.47. The van der Waals surface area contributed by atoms with Gasteiger partial charge in [0, 0.05) is 23.0 Å². The minimum absolute atomic E-state index is 0.340. The first kappa shape index (κ1) is 22.9. The molecule has 0 aliphatic heterocycles. The van der Waals surface area contributed by atoms with E-state index >= 15 is 0 Å². The van der Waals surface area contributed by atoms with Gasteiger partial charge in [-0.15, -0.1) is 10.2 Å². The normalized spacial score (nSPS) is 11.5. The SMILES string of the molecule is CCCCNC(=O)N[C@@H](Cc1ccccc1)C(=O)Nc1nnc(-c2ccc(Br)cc2)s1.